The number of hydrogen-bond donors (Lipinski definition) is 1. The predicted octanol–water partition coefficient (Wildman–Crippen LogP) is 2.85. The maximum Gasteiger partial charge on any atom is 0.513 e. The molecule has 0 fully saturated rings. The van der Waals surface area contributed by atoms with E-state index in [4.69, 9.17) is 19.3 Å². The first-order valence-electron chi connectivity index (χ1n) is 6.16. The fourth-order valence-corrected chi connectivity index (χ4v) is 1.80. The molecule has 110 valence electrons. The van der Waals surface area contributed by atoms with Crippen LogP contribution < -0.4 is 9.47 Å². The average Bonchev–Trinajstić information content (AvgIpc) is 2.35. The lowest BCUT2D eigenvalue weighted by Gasteiger charge is -2.16. The van der Waals surface area contributed by atoms with Gasteiger partial charge in [0, 0.05) is 5.56 Å². The summed E-state index contributed by atoms with van der Waals surface area (Å²) in [6.07, 6.45) is -1.89. The van der Waals surface area contributed by atoms with Crippen LogP contribution in [-0.2, 0) is 11.2 Å². The molecule has 0 radical (unpaired) electrons. The zero-order valence-electron chi connectivity index (χ0n) is 11.8. The van der Waals surface area contributed by atoms with E-state index in [0.29, 0.717) is 23.4 Å². The number of pyridine rings is 1. The van der Waals surface area contributed by atoms with Crippen LogP contribution >= 0.6 is 0 Å². The second-order valence-corrected chi connectivity index (χ2v) is 3.93. The fourth-order valence-electron chi connectivity index (χ4n) is 1.80. The quantitative estimate of drug-likeness (QED) is 0.849. The number of carboxylic acid groups (broad SMARTS) is 1. The number of rotatable bonds is 4. The van der Waals surface area contributed by atoms with Crippen LogP contribution in [0.15, 0.2) is 0 Å². The summed E-state index contributed by atoms with van der Waals surface area (Å²) in [4.78, 5) is 26.3. The Balaban J connectivity index is 3.27. The van der Waals surface area contributed by atoms with E-state index in [0.717, 1.165) is 0 Å². The van der Waals surface area contributed by atoms with Gasteiger partial charge in [-0.1, -0.05) is 6.92 Å². The normalized spacial score (nSPS) is 10.0. The Bertz CT molecular complexity index is 526. The molecule has 7 nitrogen and oxygen atoms in total. The van der Waals surface area contributed by atoms with Crippen molar-refractivity contribution < 1.29 is 28.9 Å². The summed E-state index contributed by atoms with van der Waals surface area (Å²) in [6, 6.07) is 0. The van der Waals surface area contributed by atoms with Gasteiger partial charge in [0.05, 0.1) is 18.0 Å². The van der Waals surface area contributed by atoms with Crippen LogP contribution in [-0.4, -0.2) is 29.0 Å². The van der Waals surface area contributed by atoms with Crippen molar-refractivity contribution in [2.75, 3.05) is 6.61 Å². The number of aryl methyl sites for hydroxylation is 2. The predicted molar refractivity (Wildman–Crippen MR) is 69.4 cm³/mol. The maximum atomic E-state index is 11.4. The van der Waals surface area contributed by atoms with Gasteiger partial charge in [-0.3, -0.25) is 4.98 Å². The molecular formula is C13H17NO6. The van der Waals surface area contributed by atoms with Crippen LogP contribution in [0.2, 0.25) is 0 Å². The Morgan fingerprint density at radius 1 is 1.10 bits per heavy atom. The molecule has 0 aliphatic carbocycles. The minimum absolute atomic E-state index is 0.0879. The maximum absolute atomic E-state index is 11.4. The number of nitrogens with zero attached hydrogens (tertiary/aromatic N) is 1. The van der Waals surface area contributed by atoms with Gasteiger partial charge in [0.2, 0.25) is 0 Å². The molecule has 1 N–H and O–H groups in total. The standard InChI is InChI=1S/C13H17NO6/c1-5-9-10(19-12(15)16)7(3)14-8(4)11(9)20-13(17)18-6-2/h5-6H2,1-4H3,(H,15,16). The number of ether oxygens (including phenoxy) is 3. The Hall–Kier alpha value is -2.31. The highest BCUT2D eigenvalue weighted by molar-refractivity contribution is 5.68. The van der Waals surface area contributed by atoms with E-state index in [9.17, 15) is 9.59 Å². The molecule has 0 aliphatic heterocycles. The van der Waals surface area contributed by atoms with E-state index in [-0.39, 0.29) is 18.1 Å². The lowest BCUT2D eigenvalue weighted by atomic mass is 10.1. The molecule has 0 atom stereocenters. The first-order chi connectivity index (χ1) is 9.40. The van der Waals surface area contributed by atoms with E-state index in [1.807, 2.05) is 0 Å². The molecule has 0 aliphatic rings. The lowest BCUT2D eigenvalue weighted by molar-refractivity contribution is 0.103. The zero-order chi connectivity index (χ0) is 15.3. The van der Waals surface area contributed by atoms with Crippen molar-refractivity contribution >= 4 is 12.3 Å². The van der Waals surface area contributed by atoms with Gasteiger partial charge < -0.3 is 19.3 Å². The van der Waals surface area contributed by atoms with Crippen LogP contribution in [0.1, 0.15) is 30.8 Å². The van der Waals surface area contributed by atoms with Crippen molar-refractivity contribution in [3.8, 4) is 11.5 Å². The zero-order valence-corrected chi connectivity index (χ0v) is 11.8. The molecule has 1 aromatic heterocycles. The monoisotopic (exact) mass is 283 g/mol. The Morgan fingerprint density at radius 3 is 2.10 bits per heavy atom. The van der Waals surface area contributed by atoms with Crippen molar-refractivity contribution in [2.24, 2.45) is 0 Å². The summed E-state index contributed by atoms with van der Waals surface area (Å²) < 4.78 is 14.5. The number of aromatic nitrogens is 1. The molecule has 0 unspecified atom stereocenters. The largest absolute Gasteiger partial charge is 0.513 e. The van der Waals surface area contributed by atoms with Crippen LogP contribution in [0.3, 0.4) is 0 Å². The molecule has 0 bridgehead atoms. The minimum atomic E-state index is -1.45. The molecule has 20 heavy (non-hydrogen) atoms. The third-order valence-corrected chi connectivity index (χ3v) is 2.53. The summed E-state index contributed by atoms with van der Waals surface area (Å²) in [7, 11) is 0. The molecule has 0 saturated heterocycles. The molecular weight excluding hydrogens is 266 g/mol. The third-order valence-electron chi connectivity index (χ3n) is 2.53. The first-order valence-corrected chi connectivity index (χ1v) is 6.16. The molecule has 7 heteroatoms. The number of carbonyl (C=O) groups is 2. The average molecular weight is 283 g/mol. The van der Waals surface area contributed by atoms with E-state index in [1.165, 1.54) is 0 Å². The van der Waals surface area contributed by atoms with Crippen LogP contribution in [0.4, 0.5) is 9.59 Å². The van der Waals surface area contributed by atoms with Crippen molar-refractivity contribution in [3.63, 3.8) is 0 Å². The van der Waals surface area contributed by atoms with E-state index < -0.39 is 12.3 Å². The van der Waals surface area contributed by atoms with Crippen LogP contribution in [0.5, 0.6) is 11.5 Å². The second kappa shape index (κ2) is 6.74. The van der Waals surface area contributed by atoms with Crippen molar-refractivity contribution in [1.29, 1.82) is 0 Å². The number of carbonyl (C=O) groups excluding carboxylic acids is 1. The Kier molecular flexibility index (Phi) is 5.31. The Morgan fingerprint density at radius 2 is 1.65 bits per heavy atom. The second-order valence-electron chi connectivity index (χ2n) is 3.93. The van der Waals surface area contributed by atoms with Crippen LogP contribution in [0, 0.1) is 13.8 Å². The smallest absolute Gasteiger partial charge is 0.449 e. The molecule has 1 heterocycles. The summed E-state index contributed by atoms with van der Waals surface area (Å²) in [5.41, 5.74) is 1.34. The molecule has 0 amide bonds. The highest BCUT2D eigenvalue weighted by Gasteiger charge is 2.21. The summed E-state index contributed by atoms with van der Waals surface area (Å²) >= 11 is 0. The Labute approximate surface area is 116 Å². The summed E-state index contributed by atoms with van der Waals surface area (Å²) in [5.74, 6) is 0.262. The van der Waals surface area contributed by atoms with Gasteiger partial charge in [-0.25, -0.2) is 9.59 Å². The summed E-state index contributed by atoms with van der Waals surface area (Å²) in [6.45, 7) is 6.91. The van der Waals surface area contributed by atoms with E-state index in [1.54, 1.807) is 27.7 Å². The molecule has 1 aromatic rings. The molecule has 1 rings (SSSR count). The van der Waals surface area contributed by atoms with Gasteiger partial charge in [0.1, 0.15) is 0 Å². The SMILES string of the molecule is CCOC(=O)Oc1c(C)nc(C)c(OC(=O)O)c1CC. The van der Waals surface area contributed by atoms with Gasteiger partial charge in [0.15, 0.2) is 11.5 Å². The molecule has 0 spiro atoms. The highest BCUT2D eigenvalue weighted by atomic mass is 16.7. The lowest BCUT2D eigenvalue weighted by Crippen LogP contribution is -2.15. The van der Waals surface area contributed by atoms with E-state index >= 15 is 0 Å². The molecule has 0 saturated carbocycles. The van der Waals surface area contributed by atoms with Gasteiger partial charge >= 0.3 is 12.3 Å². The minimum Gasteiger partial charge on any atom is -0.449 e. The van der Waals surface area contributed by atoms with Gasteiger partial charge in [0.25, 0.3) is 0 Å². The number of hydrogen-bond acceptors (Lipinski definition) is 6. The van der Waals surface area contributed by atoms with Gasteiger partial charge in [-0.2, -0.15) is 0 Å². The van der Waals surface area contributed by atoms with Crippen molar-refractivity contribution in [3.05, 3.63) is 17.0 Å². The van der Waals surface area contributed by atoms with E-state index in [2.05, 4.69) is 4.98 Å². The fraction of sp³-hybridized carbons (Fsp3) is 0.462. The van der Waals surface area contributed by atoms with Crippen molar-refractivity contribution in [2.45, 2.75) is 34.1 Å². The van der Waals surface area contributed by atoms with Gasteiger partial charge in [-0.05, 0) is 27.2 Å². The molecule has 0 aromatic carbocycles. The van der Waals surface area contributed by atoms with Crippen molar-refractivity contribution in [1.82, 2.24) is 4.98 Å². The topological polar surface area (TPSA) is 95.0 Å². The highest BCUT2D eigenvalue weighted by Crippen LogP contribution is 2.34. The summed E-state index contributed by atoms with van der Waals surface area (Å²) in [5, 5.41) is 8.76. The van der Waals surface area contributed by atoms with Crippen LogP contribution in [0.25, 0.3) is 0 Å². The van der Waals surface area contributed by atoms with Gasteiger partial charge in [-0.15, -0.1) is 0 Å². The third kappa shape index (κ3) is 3.59. The first kappa shape index (κ1) is 15.7.